The van der Waals surface area contributed by atoms with E-state index in [-0.39, 0.29) is 12.5 Å². The predicted octanol–water partition coefficient (Wildman–Crippen LogP) is 3.60. The molecule has 0 aromatic heterocycles. The van der Waals surface area contributed by atoms with Gasteiger partial charge in [-0.2, -0.15) is 0 Å². The molecule has 0 aliphatic carbocycles. The van der Waals surface area contributed by atoms with Crippen LogP contribution in [0.3, 0.4) is 0 Å². The average Bonchev–Trinajstić information content (AvgIpc) is 2.76. The van der Waals surface area contributed by atoms with Crippen LogP contribution in [0.25, 0.3) is 0 Å². The van der Waals surface area contributed by atoms with E-state index in [1.807, 2.05) is 13.8 Å². The summed E-state index contributed by atoms with van der Waals surface area (Å²) in [6, 6.07) is 8.69. The Bertz CT molecular complexity index is 918. The third kappa shape index (κ3) is 5.23. The van der Waals surface area contributed by atoms with Crippen molar-refractivity contribution < 1.29 is 23.8 Å². The number of anilines is 2. The van der Waals surface area contributed by atoms with Crippen molar-refractivity contribution in [2.24, 2.45) is 0 Å². The summed E-state index contributed by atoms with van der Waals surface area (Å²) in [5.41, 5.74) is 3.46. The Labute approximate surface area is 180 Å². The molecule has 1 aliphatic rings. The van der Waals surface area contributed by atoms with Crippen molar-refractivity contribution in [3.8, 4) is 5.75 Å². The fourth-order valence-electron chi connectivity index (χ4n) is 3.29. The van der Waals surface area contributed by atoms with Gasteiger partial charge in [-0.25, -0.2) is 4.79 Å². The molecular formula is C22H25ClN2O5. The largest absolute Gasteiger partial charge is 0.484 e. The highest BCUT2D eigenvalue weighted by molar-refractivity contribution is 6.32. The van der Waals surface area contributed by atoms with Gasteiger partial charge in [-0.1, -0.05) is 11.6 Å². The molecule has 1 heterocycles. The van der Waals surface area contributed by atoms with Gasteiger partial charge in [-0.05, 0) is 55.3 Å². The summed E-state index contributed by atoms with van der Waals surface area (Å²) in [4.78, 5) is 26.6. The number of morpholine rings is 1. The lowest BCUT2D eigenvalue weighted by Crippen LogP contribution is -2.37. The molecule has 0 unspecified atom stereocenters. The van der Waals surface area contributed by atoms with Crippen LogP contribution in [0.2, 0.25) is 5.02 Å². The highest BCUT2D eigenvalue weighted by Gasteiger charge is 2.19. The lowest BCUT2D eigenvalue weighted by Gasteiger charge is -2.30. The molecule has 7 nitrogen and oxygen atoms in total. The maximum absolute atomic E-state index is 12.6. The molecule has 8 heteroatoms. The lowest BCUT2D eigenvalue weighted by molar-refractivity contribution is -0.118. The normalized spacial score (nSPS) is 13.7. The Morgan fingerprint density at radius 3 is 2.43 bits per heavy atom. The molecule has 0 bridgehead atoms. The number of amides is 1. The molecule has 3 rings (SSSR count). The molecule has 0 spiro atoms. The maximum Gasteiger partial charge on any atom is 0.337 e. The van der Waals surface area contributed by atoms with Crippen LogP contribution in [-0.2, 0) is 14.3 Å². The Kier molecular flexibility index (Phi) is 7.18. The van der Waals surface area contributed by atoms with Gasteiger partial charge in [0.25, 0.3) is 5.91 Å². The first-order valence-corrected chi connectivity index (χ1v) is 10.0. The van der Waals surface area contributed by atoms with Crippen molar-refractivity contribution in [2.75, 3.05) is 50.2 Å². The summed E-state index contributed by atoms with van der Waals surface area (Å²) in [6.07, 6.45) is 0. The van der Waals surface area contributed by atoms with Gasteiger partial charge >= 0.3 is 5.97 Å². The van der Waals surface area contributed by atoms with Gasteiger partial charge in [0.15, 0.2) is 6.61 Å². The molecule has 1 saturated heterocycles. The molecule has 2 aromatic rings. The number of methoxy groups -OCH3 is 1. The quantitative estimate of drug-likeness (QED) is 0.703. The van der Waals surface area contributed by atoms with E-state index in [1.165, 1.54) is 7.11 Å². The zero-order chi connectivity index (χ0) is 21.7. The van der Waals surface area contributed by atoms with Gasteiger partial charge in [0.1, 0.15) is 5.75 Å². The number of halogens is 1. The smallest absolute Gasteiger partial charge is 0.337 e. The van der Waals surface area contributed by atoms with Crippen molar-refractivity contribution in [2.45, 2.75) is 13.8 Å². The van der Waals surface area contributed by atoms with Gasteiger partial charge < -0.3 is 24.4 Å². The van der Waals surface area contributed by atoms with Crippen molar-refractivity contribution in [1.82, 2.24) is 0 Å². The summed E-state index contributed by atoms with van der Waals surface area (Å²) < 4.78 is 15.8. The Hall–Kier alpha value is -2.77. The minimum absolute atomic E-state index is 0.175. The second-order valence-corrected chi connectivity index (χ2v) is 7.41. The van der Waals surface area contributed by atoms with Crippen molar-refractivity contribution >= 4 is 34.9 Å². The van der Waals surface area contributed by atoms with Crippen molar-refractivity contribution in [1.29, 1.82) is 0 Å². The molecule has 0 radical (unpaired) electrons. The van der Waals surface area contributed by atoms with E-state index in [0.29, 0.717) is 48.3 Å². The van der Waals surface area contributed by atoms with Crippen LogP contribution in [0.15, 0.2) is 30.3 Å². The van der Waals surface area contributed by atoms with Crippen LogP contribution in [-0.4, -0.2) is 51.9 Å². The van der Waals surface area contributed by atoms with E-state index in [1.54, 1.807) is 30.3 Å². The topological polar surface area (TPSA) is 77.1 Å². The van der Waals surface area contributed by atoms with Crippen LogP contribution < -0.4 is 15.0 Å². The number of aryl methyl sites for hydroxylation is 2. The predicted molar refractivity (Wildman–Crippen MR) is 116 cm³/mol. The molecule has 160 valence electrons. The van der Waals surface area contributed by atoms with Crippen molar-refractivity contribution in [3.63, 3.8) is 0 Å². The van der Waals surface area contributed by atoms with Crippen LogP contribution in [0.1, 0.15) is 21.5 Å². The second kappa shape index (κ2) is 9.82. The third-order valence-corrected chi connectivity index (χ3v) is 5.42. The number of carbonyl (C=O) groups excluding carboxylic acids is 2. The monoisotopic (exact) mass is 432 g/mol. The first kappa shape index (κ1) is 21.9. The average molecular weight is 433 g/mol. The third-order valence-electron chi connectivity index (χ3n) is 4.82. The number of esters is 1. The fourth-order valence-corrected chi connectivity index (χ4v) is 3.39. The highest BCUT2D eigenvalue weighted by atomic mass is 35.5. The minimum Gasteiger partial charge on any atom is -0.484 e. The summed E-state index contributed by atoms with van der Waals surface area (Å²) in [5, 5.41) is 3.54. The van der Waals surface area contributed by atoms with E-state index in [9.17, 15) is 9.59 Å². The van der Waals surface area contributed by atoms with E-state index >= 15 is 0 Å². The maximum atomic E-state index is 12.6. The summed E-state index contributed by atoms with van der Waals surface area (Å²) in [5.74, 6) is -0.236. The molecule has 0 atom stereocenters. The summed E-state index contributed by atoms with van der Waals surface area (Å²) in [7, 11) is 1.32. The molecule has 1 N–H and O–H groups in total. The zero-order valence-electron chi connectivity index (χ0n) is 17.3. The van der Waals surface area contributed by atoms with Gasteiger partial charge in [0.05, 0.1) is 37.3 Å². The SMILES string of the molecule is COC(=O)c1ccc(N2CCOCC2)c(NC(=O)COc2cc(C)c(Cl)c(C)c2)c1. The van der Waals surface area contributed by atoms with E-state index in [4.69, 9.17) is 25.8 Å². The first-order chi connectivity index (χ1) is 14.4. The van der Waals surface area contributed by atoms with Gasteiger partial charge in [0.2, 0.25) is 0 Å². The van der Waals surface area contributed by atoms with E-state index < -0.39 is 5.97 Å². The second-order valence-electron chi connectivity index (χ2n) is 7.03. The molecule has 1 amide bonds. The number of rotatable bonds is 6. The fraction of sp³-hybridized carbons (Fsp3) is 0.364. The summed E-state index contributed by atoms with van der Waals surface area (Å²) >= 11 is 6.18. The Balaban J connectivity index is 1.75. The molecule has 1 fully saturated rings. The molecule has 1 aliphatic heterocycles. The van der Waals surface area contributed by atoms with Gasteiger partial charge in [-0.15, -0.1) is 0 Å². The van der Waals surface area contributed by atoms with Crippen molar-refractivity contribution in [3.05, 3.63) is 52.0 Å². The van der Waals surface area contributed by atoms with Gasteiger partial charge in [0, 0.05) is 18.1 Å². The Morgan fingerprint density at radius 1 is 1.13 bits per heavy atom. The first-order valence-electron chi connectivity index (χ1n) is 9.63. The minimum atomic E-state index is -0.470. The molecule has 2 aromatic carbocycles. The van der Waals surface area contributed by atoms with Crippen LogP contribution in [0.5, 0.6) is 5.75 Å². The highest BCUT2D eigenvalue weighted by Crippen LogP contribution is 2.29. The number of benzene rings is 2. The number of carbonyl (C=O) groups is 2. The Morgan fingerprint density at radius 2 is 1.80 bits per heavy atom. The van der Waals surface area contributed by atoms with E-state index in [0.717, 1.165) is 16.8 Å². The molecule has 0 saturated carbocycles. The molecular weight excluding hydrogens is 408 g/mol. The number of ether oxygens (including phenoxy) is 3. The molecule has 30 heavy (non-hydrogen) atoms. The van der Waals surface area contributed by atoms with E-state index in [2.05, 4.69) is 10.2 Å². The van der Waals surface area contributed by atoms with Crippen LogP contribution in [0, 0.1) is 13.8 Å². The number of nitrogens with zero attached hydrogens (tertiary/aromatic N) is 1. The standard InChI is InChI=1S/C22H25ClN2O5/c1-14-10-17(11-15(2)21(14)23)30-13-20(26)24-18-12-16(22(27)28-3)4-5-19(18)25-6-8-29-9-7-25/h4-5,10-12H,6-9,13H2,1-3H3,(H,24,26). The zero-order valence-corrected chi connectivity index (χ0v) is 18.0. The van der Waals surface area contributed by atoms with Gasteiger partial charge in [-0.3, -0.25) is 4.79 Å². The number of nitrogens with one attached hydrogen (secondary N) is 1. The number of hydrogen-bond donors (Lipinski definition) is 1. The summed E-state index contributed by atoms with van der Waals surface area (Å²) in [6.45, 7) is 6.19. The lowest BCUT2D eigenvalue weighted by atomic mass is 10.1. The van der Waals surface area contributed by atoms with Crippen LogP contribution in [0.4, 0.5) is 11.4 Å². The number of hydrogen-bond acceptors (Lipinski definition) is 6. The van der Waals surface area contributed by atoms with Crippen LogP contribution >= 0.6 is 11.6 Å².